The molecular weight excluding hydrogens is 164 g/mol. The molecule has 3 N–H and O–H groups in total. The van der Waals surface area contributed by atoms with Crippen molar-refractivity contribution < 1.29 is 4.79 Å². The topological polar surface area (TPSA) is 55.1 Å². The molecule has 0 spiro atoms. The van der Waals surface area contributed by atoms with Crippen LogP contribution in [0.3, 0.4) is 0 Å². The van der Waals surface area contributed by atoms with Crippen LogP contribution in [-0.2, 0) is 4.79 Å². The van der Waals surface area contributed by atoms with Gasteiger partial charge in [0.15, 0.2) is 0 Å². The Balaban J connectivity index is 2.18. The molecule has 0 aromatic rings. The summed E-state index contributed by atoms with van der Waals surface area (Å²) in [5.41, 5.74) is 5.43. The van der Waals surface area contributed by atoms with Crippen LogP contribution in [0.25, 0.3) is 0 Å². The lowest BCUT2D eigenvalue weighted by Crippen LogP contribution is -2.40. The van der Waals surface area contributed by atoms with Gasteiger partial charge in [-0.1, -0.05) is 12.2 Å². The van der Waals surface area contributed by atoms with Crippen LogP contribution in [0.4, 0.5) is 0 Å². The van der Waals surface area contributed by atoms with E-state index in [0.29, 0.717) is 5.92 Å². The van der Waals surface area contributed by atoms with Crippen LogP contribution >= 0.6 is 0 Å². The number of carbonyl (C=O) groups is 1. The summed E-state index contributed by atoms with van der Waals surface area (Å²) in [6, 6.07) is -0.390. The van der Waals surface area contributed by atoms with E-state index < -0.39 is 0 Å². The normalized spacial score (nSPS) is 24.0. The molecule has 0 aromatic carbocycles. The molecule has 0 fully saturated rings. The zero-order valence-corrected chi connectivity index (χ0v) is 8.12. The first-order valence-electron chi connectivity index (χ1n) is 4.88. The van der Waals surface area contributed by atoms with Gasteiger partial charge in [0.1, 0.15) is 0 Å². The van der Waals surface area contributed by atoms with Gasteiger partial charge in [-0.3, -0.25) is 4.79 Å². The molecule has 1 rings (SSSR count). The molecule has 1 aliphatic carbocycles. The average Bonchev–Trinajstić information content (AvgIpc) is 2.15. The van der Waals surface area contributed by atoms with Crippen LogP contribution in [0.2, 0.25) is 0 Å². The number of nitrogens with one attached hydrogen (secondary N) is 1. The van der Waals surface area contributed by atoms with Crippen LogP contribution in [-0.4, -0.2) is 18.5 Å². The van der Waals surface area contributed by atoms with E-state index in [-0.39, 0.29) is 11.9 Å². The third-order valence-corrected chi connectivity index (χ3v) is 2.36. The van der Waals surface area contributed by atoms with Crippen LogP contribution in [0.15, 0.2) is 12.2 Å². The highest BCUT2D eigenvalue weighted by molar-refractivity contribution is 5.80. The highest BCUT2D eigenvalue weighted by atomic mass is 16.2. The van der Waals surface area contributed by atoms with Crippen molar-refractivity contribution in [3.8, 4) is 0 Å². The minimum atomic E-state index is -0.390. The predicted molar refractivity (Wildman–Crippen MR) is 53.1 cm³/mol. The Morgan fingerprint density at radius 3 is 3.00 bits per heavy atom. The Morgan fingerprint density at radius 2 is 2.46 bits per heavy atom. The summed E-state index contributed by atoms with van der Waals surface area (Å²) < 4.78 is 0. The van der Waals surface area contributed by atoms with E-state index >= 15 is 0 Å². The highest BCUT2D eigenvalue weighted by Crippen LogP contribution is 2.16. The summed E-state index contributed by atoms with van der Waals surface area (Å²) in [7, 11) is 0. The lowest BCUT2D eigenvalue weighted by Gasteiger charge is -2.18. The number of rotatable bonds is 3. The molecule has 0 saturated carbocycles. The first-order valence-corrected chi connectivity index (χ1v) is 4.88. The number of allylic oxidation sites excluding steroid dienone is 2. The molecule has 1 aliphatic rings. The molecule has 1 unspecified atom stereocenters. The Bertz CT molecular complexity index is 199. The van der Waals surface area contributed by atoms with Crippen molar-refractivity contribution in [2.45, 2.75) is 32.2 Å². The maximum absolute atomic E-state index is 11.1. The molecule has 0 saturated heterocycles. The number of hydrogen-bond donors (Lipinski definition) is 2. The van der Waals surface area contributed by atoms with Crippen LogP contribution in [0.5, 0.6) is 0 Å². The fourth-order valence-electron chi connectivity index (χ4n) is 1.45. The predicted octanol–water partition coefficient (Wildman–Crippen LogP) is 0.806. The van der Waals surface area contributed by atoms with E-state index in [4.69, 9.17) is 5.73 Å². The summed E-state index contributed by atoms with van der Waals surface area (Å²) >= 11 is 0. The Labute approximate surface area is 79.4 Å². The maximum atomic E-state index is 11.1. The van der Waals surface area contributed by atoms with E-state index in [1.165, 1.54) is 6.42 Å². The van der Waals surface area contributed by atoms with Gasteiger partial charge < -0.3 is 11.1 Å². The molecule has 3 heteroatoms. The van der Waals surface area contributed by atoms with Gasteiger partial charge in [0.2, 0.25) is 5.91 Å². The molecule has 1 amide bonds. The summed E-state index contributed by atoms with van der Waals surface area (Å²) in [4.78, 5) is 11.1. The molecule has 74 valence electrons. The first-order chi connectivity index (χ1) is 6.20. The maximum Gasteiger partial charge on any atom is 0.236 e. The minimum absolute atomic E-state index is 0.0467. The van der Waals surface area contributed by atoms with Gasteiger partial charge in [0, 0.05) is 6.54 Å². The van der Waals surface area contributed by atoms with Gasteiger partial charge in [0.25, 0.3) is 0 Å². The highest BCUT2D eigenvalue weighted by Gasteiger charge is 2.12. The molecule has 0 aliphatic heterocycles. The number of carbonyl (C=O) groups excluding carboxylic acids is 1. The smallest absolute Gasteiger partial charge is 0.236 e. The van der Waals surface area contributed by atoms with Gasteiger partial charge in [-0.05, 0) is 32.1 Å². The zero-order valence-electron chi connectivity index (χ0n) is 8.12. The van der Waals surface area contributed by atoms with Crippen LogP contribution in [0.1, 0.15) is 26.2 Å². The van der Waals surface area contributed by atoms with E-state index in [1.54, 1.807) is 6.92 Å². The summed E-state index contributed by atoms with van der Waals surface area (Å²) in [5, 5.41) is 2.85. The molecule has 2 atom stereocenters. The molecule has 0 bridgehead atoms. The molecule has 0 radical (unpaired) electrons. The van der Waals surface area contributed by atoms with Crippen molar-refractivity contribution >= 4 is 5.91 Å². The summed E-state index contributed by atoms with van der Waals surface area (Å²) in [6.07, 6.45) is 7.78. The standard InChI is InChI=1S/C10H18N2O/c1-8(11)10(13)12-7-9-5-3-2-4-6-9/h2-3,8-9H,4-7,11H2,1H3,(H,12,13)/t8-,9?/m1/s1. The van der Waals surface area contributed by atoms with Gasteiger partial charge in [-0.25, -0.2) is 0 Å². The van der Waals surface area contributed by atoms with Gasteiger partial charge in [0.05, 0.1) is 6.04 Å². The second-order valence-electron chi connectivity index (χ2n) is 3.68. The van der Waals surface area contributed by atoms with Crippen molar-refractivity contribution in [2.24, 2.45) is 11.7 Å². The van der Waals surface area contributed by atoms with Crippen molar-refractivity contribution in [1.82, 2.24) is 5.32 Å². The monoisotopic (exact) mass is 182 g/mol. The van der Waals surface area contributed by atoms with Gasteiger partial charge in [-0.2, -0.15) is 0 Å². The fraction of sp³-hybridized carbons (Fsp3) is 0.700. The van der Waals surface area contributed by atoms with Gasteiger partial charge in [-0.15, -0.1) is 0 Å². The number of nitrogens with two attached hydrogens (primary N) is 1. The Hall–Kier alpha value is -0.830. The number of hydrogen-bond acceptors (Lipinski definition) is 2. The molecule has 0 heterocycles. The average molecular weight is 182 g/mol. The van der Waals surface area contributed by atoms with Crippen LogP contribution < -0.4 is 11.1 Å². The summed E-state index contributed by atoms with van der Waals surface area (Å²) in [6.45, 7) is 2.47. The third-order valence-electron chi connectivity index (χ3n) is 2.36. The first kappa shape index (κ1) is 10.3. The molecular formula is C10H18N2O. The zero-order chi connectivity index (χ0) is 9.68. The Morgan fingerprint density at radius 1 is 1.69 bits per heavy atom. The van der Waals surface area contributed by atoms with Crippen LogP contribution in [0, 0.1) is 5.92 Å². The quantitative estimate of drug-likeness (QED) is 0.634. The van der Waals surface area contributed by atoms with E-state index in [2.05, 4.69) is 17.5 Å². The second kappa shape index (κ2) is 5.02. The van der Waals surface area contributed by atoms with E-state index in [1.807, 2.05) is 0 Å². The summed E-state index contributed by atoms with van der Waals surface area (Å²) in [5.74, 6) is 0.558. The number of amides is 1. The van der Waals surface area contributed by atoms with Gasteiger partial charge >= 0.3 is 0 Å². The van der Waals surface area contributed by atoms with E-state index in [0.717, 1.165) is 19.4 Å². The minimum Gasteiger partial charge on any atom is -0.354 e. The molecule has 13 heavy (non-hydrogen) atoms. The lowest BCUT2D eigenvalue weighted by atomic mass is 9.94. The van der Waals surface area contributed by atoms with Crippen molar-refractivity contribution in [3.05, 3.63) is 12.2 Å². The largest absolute Gasteiger partial charge is 0.354 e. The molecule has 0 aromatic heterocycles. The fourth-order valence-corrected chi connectivity index (χ4v) is 1.45. The van der Waals surface area contributed by atoms with Crippen molar-refractivity contribution in [3.63, 3.8) is 0 Å². The Kier molecular flexibility index (Phi) is 3.96. The SMILES string of the molecule is C[C@@H](N)C(=O)NCC1CC=CCC1. The third kappa shape index (κ3) is 3.59. The second-order valence-corrected chi connectivity index (χ2v) is 3.68. The van der Waals surface area contributed by atoms with Crippen molar-refractivity contribution in [2.75, 3.05) is 6.54 Å². The lowest BCUT2D eigenvalue weighted by molar-refractivity contribution is -0.122. The molecule has 3 nitrogen and oxygen atoms in total. The van der Waals surface area contributed by atoms with E-state index in [9.17, 15) is 4.79 Å². The van der Waals surface area contributed by atoms with Crippen molar-refractivity contribution in [1.29, 1.82) is 0 Å².